The maximum Gasteiger partial charge on any atom is 0.342 e. The number of rotatable bonds is 3. The summed E-state index contributed by atoms with van der Waals surface area (Å²) < 4.78 is 19.8. The van der Waals surface area contributed by atoms with Gasteiger partial charge in [-0.2, -0.15) is 0 Å². The van der Waals surface area contributed by atoms with Gasteiger partial charge in [0.05, 0.1) is 12.3 Å². The summed E-state index contributed by atoms with van der Waals surface area (Å²) in [6.45, 7) is 1.89. The number of anilines is 1. The highest BCUT2D eigenvalue weighted by Crippen LogP contribution is 2.40. The van der Waals surface area contributed by atoms with Crippen LogP contribution in [0.2, 0.25) is 0 Å². The molecule has 27 heavy (non-hydrogen) atoms. The second-order valence-electron chi connectivity index (χ2n) is 6.29. The molecule has 0 bridgehead atoms. The summed E-state index contributed by atoms with van der Waals surface area (Å²) in [4.78, 5) is 25.9. The summed E-state index contributed by atoms with van der Waals surface area (Å²) in [6, 6.07) is 12.9. The fourth-order valence-electron chi connectivity index (χ4n) is 3.57. The van der Waals surface area contributed by atoms with Crippen molar-refractivity contribution in [2.75, 3.05) is 12.3 Å². The molecular formula is C21H17FN2O3. The van der Waals surface area contributed by atoms with Gasteiger partial charge in [0, 0.05) is 17.5 Å². The Morgan fingerprint density at radius 2 is 1.89 bits per heavy atom. The molecule has 4 rings (SSSR count). The van der Waals surface area contributed by atoms with E-state index in [4.69, 9.17) is 10.5 Å². The first-order valence-electron chi connectivity index (χ1n) is 8.61. The number of aromatic nitrogens is 1. The van der Waals surface area contributed by atoms with E-state index in [1.54, 1.807) is 6.92 Å². The van der Waals surface area contributed by atoms with E-state index in [0.717, 1.165) is 11.1 Å². The van der Waals surface area contributed by atoms with Gasteiger partial charge in [-0.05, 0) is 42.3 Å². The minimum atomic E-state index is -0.584. The molecule has 6 heteroatoms. The number of pyridine rings is 1. The van der Waals surface area contributed by atoms with Crippen LogP contribution in [0.1, 0.15) is 28.4 Å². The third-order valence-electron chi connectivity index (χ3n) is 4.73. The van der Waals surface area contributed by atoms with Crippen molar-refractivity contribution in [1.29, 1.82) is 0 Å². The van der Waals surface area contributed by atoms with Crippen molar-refractivity contribution in [2.24, 2.45) is 0 Å². The predicted molar refractivity (Wildman–Crippen MR) is 101 cm³/mol. The first-order valence-corrected chi connectivity index (χ1v) is 8.61. The van der Waals surface area contributed by atoms with Crippen LogP contribution in [-0.2, 0) is 11.2 Å². The van der Waals surface area contributed by atoms with Crippen molar-refractivity contribution < 1.29 is 13.9 Å². The van der Waals surface area contributed by atoms with Crippen molar-refractivity contribution in [3.05, 3.63) is 81.4 Å². The highest BCUT2D eigenvalue weighted by Gasteiger charge is 2.32. The molecule has 1 aliphatic carbocycles. The van der Waals surface area contributed by atoms with E-state index in [-0.39, 0.29) is 23.5 Å². The smallest absolute Gasteiger partial charge is 0.342 e. The number of nitrogens with two attached hydrogens (primary N) is 1. The minimum absolute atomic E-state index is 0.0134. The van der Waals surface area contributed by atoms with E-state index in [1.165, 1.54) is 28.8 Å². The number of fused-ring (bicyclic) bond motifs is 3. The van der Waals surface area contributed by atoms with Crippen LogP contribution in [-0.4, -0.2) is 17.1 Å². The third-order valence-corrected chi connectivity index (χ3v) is 4.73. The molecule has 1 aliphatic rings. The number of carbonyl (C=O) groups excluding carboxylic acids is 1. The van der Waals surface area contributed by atoms with E-state index in [9.17, 15) is 14.0 Å². The molecule has 0 radical (unpaired) electrons. The van der Waals surface area contributed by atoms with Gasteiger partial charge in [0.2, 0.25) is 0 Å². The lowest BCUT2D eigenvalue weighted by Gasteiger charge is -2.17. The largest absolute Gasteiger partial charge is 0.462 e. The van der Waals surface area contributed by atoms with Crippen LogP contribution < -0.4 is 11.3 Å². The second kappa shape index (κ2) is 6.39. The first-order chi connectivity index (χ1) is 13.0. The van der Waals surface area contributed by atoms with Crippen molar-refractivity contribution in [3.8, 4) is 16.8 Å². The number of carbonyl (C=O) groups is 1. The Morgan fingerprint density at radius 3 is 2.59 bits per heavy atom. The van der Waals surface area contributed by atoms with Gasteiger partial charge in [0.25, 0.3) is 5.56 Å². The van der Waals surface area contributed by atoms with Crippen LogP contribution in [0.5, 0.6) is 0 Å². The highest BCUT2D eigenvalue weighted by molar-refractivity contribution is 6.04. The number of esters is 1. The number of nitrogen functional groups attached to an aromatic ring is 1. The Kier molecular flexibility index (Phi) is 4.03. The number of hydrogen-bond donors (Lipinski definition) is 1. The van der Waals surface area contributed by atoms with E-state index < -0.39 is 11.8 Å². The molecule has 0 aliphatic heterocycles. The summed E-state index contributed by atoms with van der Waals surface area (Å²) in [5, 5.41) is 0. The first kappa shape index (κ1) is 17.0. The predicted octanol–water partition coefficient (Wildman–Crippen LogP) is 3.31. The monoisotopic (exact) mass is 364 g/mol. The van der Waals surface area contributed by atoms with Gasteiger partial charge in [-0.3, -0.25) is 9.36 Å². The SMILES string of the molecule is CCOC(=O)c1c2c(c(=O)n(-c3ccc(F)cc3)c1N)Cc1ccccc1-2. The van der Waals surface area contributed by atoms with Crippen LogP contribution in [0.25, 0.3) is 16.8 Å². The average Bonchev–Trinajstić information content (AvgIpc) is 3.03. The van der Waals surface area contributed by atoms with Crippen molar-refractivity contribution in [2.45, 2.75) is 13.3 Å². The van der Waals surface area contributed by atoms with Gasteiger partial charge in [0.1, 0.15) is 17.2 Å². The molecule has 0 atom stereocenters. The molecule has 136 valence electrons. The molecular weight excluding hydrogens is 347 g/mol. The minimum Gasteiger partial charge on any atom is -0.462 e. The van der Waals surface area contributed by atoms with Crippen molar-refractivity contribution >= 4 is 11.8 Å². The molecule has 3 aromatic rings. The van der Waals surface area contributed by atoms with Gasteiger partial charge in [-0.15, -0.1) is 0 Å². The molecule has 1 aromatic heterocycles. The Hall–Kier alpha value is -3.41. The maximum absolute atomic E-state index is 13.3. The standard InChI is InChI=1S/C21H17FN2O3/c1-2-27-21(26)18-17-15-6-4-3-5-12(15)11-16(17)20(25)24(19(18)23)14-9-7-13(22)8-10-14/h3-10H,2,11,23H2,1H3. The number of halogens is 1. The molecule has 0 saturated carbocycles. The molecule has 0 fully saturated rings. The summed E-state index contributed by atoms with van der Waals surface area (Å²) >= 11 is 0. The van der Waals surface area contributed by atoms with E-state index >= 15 is 0 Å². The maximum atomic E-state index is 13.3. The Balaban J connectivity index is 2.07. The van der Waals surface area contributed by atoms with Crippen LogP contribution >= 0.6 is 0 Å². The van der Waals surface area contributed by atoms with Crippen LogP contribution in [0.3, 0.4) is 0 Å². The van der Waals surface area contributed by atoms with E-state index in [2.05, 4.69) is 0 Å². The summed E-state index contributed by atoms with van der Waals surface area (Å²) in [5.74, 6) is -1.02. The van der Waals surface area contributed by atoms with Gasteiger partial charge >= 0.3 is 5.97 Å². The van der Waals surface area contributed by atoms with Gasteiger partial charge in [-0.1, -0.05) is 24.3 Å². The molecule has 1 heterocycles. The number of benzene rings is 2. The Bertz CT molecular complexity index is 1120. The van der Waals surface area contributed by atoms with Crippen molar-refractivity contribution in [3.63, 3.8) is 0 Å². The van der Waals surface area contributed by atoms with E-state index in [0.29, 0.717) is 23.2 Å². The van der Waals surface area contributed by atoms with Gasteiger partial charge in [0.15, 0.2) is 0 Å². The lowest BCUT2D eigenvalue weighted by Crippen LogP contribution is -2.28. The van der Waals surface area contributed by atoms with Crippen LogP contribution in [0.15, 0.2) is 53.3 Å². The molecule has 2 aromatic carbocycles. The third kappa shape index (κ3) is 2.61. The lowest BCUT2D eigenvalue weighted by molar-refractivity contribution is 0.0528. The average molecular weight is 364 g/mol. The summed E-state index contributed by atoms with van der Waals surface area (Å²) in [5.41, 5.74) is 9.30. The van der Waals surface area contributed by atoms with Crippen LogP contribution in [0.4, 0.5) is 10.2 Å². The van der Waals surface area contributed by atoms with Crippen LogP contribution in [0, 0.1) is 5.82 Å². The molecule has 2 N–H and O–H groups in total. The number of ether oxygens (including phenoxy) is 1. The number of nitrogens with zero attached hydrogens (tertiary/aromatic N) is 1. The highest BCUT2D eigenvalue weighted by atomic mass is 19.1. The molecule has 0 saturated heterocycles. The van der Waals surface area contributed by atoms with Gasteiger partial charge < -0.3 is 10.5 Å². The lowest BCUT2D eigenvalue weighted by atomic mass is 10.00. The zero-order chi connectivity index (χ0) is 19.1. The van der Waals surface area contributed by atoms with Crippen molar-refractivity contribution in [1.82, 2.24) is 4.57 Å². The number of hydrogen-bond acceptors (Lipinski definition) is 4. The fourth-order valence-corrected chi connectivity index (χ4v) is 3.57. The molecule has 5 nitrogen and oxygen atoms in total. The Labute approximate surface area is 154 Å². The fraction of sp³-hybridized carbons (Fsp3) is 0.143. The zero-order valence-corrected chi connectivity index (χ0v) is 14.7. The topological polar surface area (TPSA) is 74.3 Å². The second-order valence-corrected chi connectivity index (χ2v) is 6.29. The molecule has 0 spiro atoms. The molecule has 0 unspecified atom stereocenters. The van der Waals surface area contributed by atoms with E-state index in [1.807, 2.05) is 24.3 Å². The zero-order valence-electron chi connectivity index (χ0n) is 14.7. The molecule has 0 amide bonds. The summed E-state index contributed by atoms with van der Waals surface area (Å²) in [6.07, 6.45) is 0.401. The summed E-state index contributed by atoms with van der Waals surface area (Å²) in [7, 11) is 0. The normalized spacial score (nSPS) is 11.8. The van der Waals surface area contributed by atoms with Gasteiger partial charge in [-0.25, -0.2) is 9.18 Å². The quantitative estimate of drug-likeness (QED) is 0.566. The Morgan fingerprint density at radius 1 is 1.19 bits per heavy atom.